The fourth-order valence-electron chi connectivity index (χ4n) is 0.574. The molecule has 0 fully saturated rings. The van der Waals surface area contributed by atoms with Gasteiger partial charge in [0.1, 0.15) is 9.84 Å². The number of rotatable bonds is 6. The van der Waals surface area contributed by atoms with Crippen LogP contribution in [0.25, 0.3) is 0 Å². The molecule has 0 aliphatic rings. The second kappa shape index (κ2) is 5.97. The van der Waals surface area contributed by atoms with E-state index in [4.69, 9.17) is 0 Å². The molecule has 0 saturated heterocycles. The zero-order valence-corrected chi connectivity index (χ0v) is 9.04. The van der Waals surface area contributed by atoms with E-state index in [0.29, 0.717) is 6.54 Å². The molecule has 0 rings (SSSR count). The van der Waals surface area contributed by atoms with Crippen molar-refractivity contribution in [3.8, 4) is 0 Å². The number of sulfone groups is 1. The van der Waals surface area contributed by atoms with E-state index < -0.39 is 9.84 Å². The first-order valence-electron chi connectivity index (χ1n) is 3.50. The summed E-state index contributed by atoms with van der Waals surface area (Å²) in [7, 11) is -2.79. The van der Waals surface area contributed by atoms with Gasteiger partial charge in [-0.3, -0.25) is 0 Å². The van der Waals surface area contributed by atoms with Gasteiger partial charge in [-0.2, -0.15) is 0 Å². The molecule has 0 heterocycles. The minimum absolute atomic E-state index is 0.231. The van der Waals surface area contributed by atoms with Crippen molar-refractivity contribution in [2.24, 2.45) is 0 Å². The summed E-state index contributed by atoms with van der Waals surface area (Å²) in [5, 5.41) is 3.99. The van der Waals surface area contributed by atoms with Crippen LogP contribution in [0.4, 0.5) is 0 Å². The Morgan fingerprint density at radius 1 is 1.36 bits per heavy atom. The number of nitrogens with one attached hydrogen (secondary N) is 1. The van der Waals surface area contributed by atoms with Gasteiger partial charge in [0.05, 0.1) is 5.75 Å². The maximum absolute atomic E-state index is 10.6. The highest BCUT2D eigenvalue weighted by atomic mass is 79.9. The van der Waals surface area contributed by atoms with Crippen molar-refractivity contribution in [3.63, 3.8) is 0 Å². The summed E-state index contributed by atoms with van der Waals surface area (Å²) in [5.74, 6) is 0.231. The van der Waals surface area contributed by atoms with Gasteiger partial charge in [-0.05, 0) is 13.0 Å². The van der Waals surface area contributed by atoms with Crippen LogP contribution in [0.5, 0.6) is 0 Å². The fourth-order valence-corrected chi connectivity index (χ4v) is 1.37. The molecule has 11 heavy (non-hydrogen) atoms. The van der Waals surface area contributed by atoms with E-state index in [1.54, 1.807) is 0 Å². The summed E-state index contributed by atoms with van der Waals surface area (Å²) < 4.78 is 21.2. The molecule has 0 aromatic carbocycles. The van der Waals surface area contributed by atoms with Crippen LogP contribution in [-0.2, 0) is 9.84 Å². The Labute approximate surface area is 76.6 Å². The van der Waals surface area contributed by atoms with Crippen molar-refractivity contribution >= 4 is 25.8 Å². The Hall–Kier alpha value is 0.390. The lowest BCUT2D eigenvalue weighted by atomic mass is 10.5. The van der Waals surface area contributed by atoms with Crippen LogP contribution in [0.2, 0.25) is 0 Å². The standard InChI is InChI=1S/C6H14BrNO2S/c1-11(9,10)6-5-8-4-2-3-7/h8H,2-6H2,1H3. The molecule has 0 unspecified atom stereocenters. The van der Waals surface area contributed by atoms with E-state index >= 15 is 0 Å². The molecule has 0 aliphatic carbocycles. The monoisotopic (exact) mass is 243 g/mol. The Bertz CT molecular complexity index is 179. The molecule has 0 bridgehead atoms. The summed E-state index contributed by atoms with van der Waals surface area (Å²) in [6, 6.07) is 0. The number of hydrogen-bond acceptors (Lipinski definition) is 3. The molecule has 68 valence electrons. The predicted octanol–water partition coefficient (Wildman–Crippen LogP) is 0.406. The lowest BCUT2D eigenvalue weighted by Crippen LogP contribution is -2.23. The van der Waals surface area contributed by atoms with Gasteiger partial charge in [0.15, 0.2) is 0 Å². The summed E-state index contributed by atoms with van der Waals surface area (Å²) in [6.45, 7) is 1.44. The molecule has 0 saturated carbocycles. The third-order valence-electron chi connectivity index (χ3n) is 1.14. The molecular formula is C6H14BrNO2S. The van der Waals surface area contributed by atoms with Crippen LogP contribution in [0.15, 0.2) is 0 Å². The van der Waals surface area contributed by atoms with Crippen LogP contribution >= 0.6 is 15.9 Å². The lowest BCUT2D eigenvalue weighted by molar-refractivity contribution is 0.596. The molecule has 0 aliphatic heterocycles. The second-order valence-corrected chi connectivity index (χ2v) is 5.48. The number of hydrogen-bond donors (Lipinski definition) is 1. The highest BCUT2D eigenvalue weighted by molar-refractivity contribution is 9.09. The van der Waals surface area contributed by atoms with Crippen molar-refractivity contribution in [1.82, 2.24) is 5.32 Å². The van der Waals surface area contributed by atoms with Gasteiger partial charge >= 0.3 is 0 Å². The van der Waals surface area contributed by atoms with Crippen molar-refractivity contribution in [1.29, 1.82) is 0 Å². The molecule has 0 atom stereocenters. The molecule has 0 radical (unpaired) electrons. The zero-order chi connectivity index (χ0) is 8.74. The average molecular weight is 244 g/mol. The van der Waals surface area contributed by atoms with Crippen LogP contribution in [0, 0.1) is 0 Å². The first-order chi connectivity index (χ1) is 5.06. The lowest BCUT2D eigenvalue weighted by Gasteiger charge is -2.00. The molecular weight excluding hydrogens is 230 g/mol. The van der Waals surface area contributed by atoms with E-state index in [1.165, 1.54) is 6.26 Å². The summed E-state index contributed by atoms with van der Waals surface area (Å²) in [4.78, 5) is 0. The molecule has 0 spiro atoms. The average Bonchev–Trinajstić information content (AvgIpc) is 1.85. The largest absolute Gasteiger partial charge is 0.316 e. The highest BCUT2D eigenvalue weighted by Crippen LogP contribution is 1.84. The molecule has 0 amide bonds. The predicted molar refractivity (Wildman–Crippen MR) is 51.0 cm³/mol. The topological polar surface area (TPSA) is 46.2 Å². The van der Waals surface area contributed by atoms with Crippen LogP contribution in [0.1, 0.15) is 6.42 Å². The summed E-state index contributed by atoms with van der Waals surface area (Å²) >= 11 is 3.28. The minimum Gasteiger partial charge on any atom is -0.316 e. The number of halogens is 1. The van der Waals surface area contributed by atoms with Crippen LogP contribution in [-0.4, -0.2) is 38.8 Å². The van der Waals surface area contributed by atoms with E-state index in [9.17, 15) is 8.42 Å². The van der Waals surface area contributed by atoms with Crippen LogP contribution < -0.4 is 5.32 Å². The third-order valence-corrected chi connectivity index (χ3v) is 2.64. The number of alkyl halides is 1. The van der Waals surface area contributed by atoms with Gasteiger partial charge in [0.2, 0.25) is 0 Å². The maximum atomic E-state index is 10.6. The first-order valence-corrected chi connectivity index (χ1v) is 6.69. The van der Waals surface area contributed by atoms with Gasteiger partial charge in [-0.1, -0.05) is 15.9 Å². The Morgan fingerprint density at radius 2 is 2.00 bits per heavy atom. The van der Waals surface area contributed by atoms with Crippen LogP contribution in [0.3, 0.4) is 0 Å². The van der Waals surface area contributed by atoms with Crippen molar-refractivity contribution in [2.45, 2.75) is 6.42 Å². The van der Waals surface area contributed by atoms with E-state index in [2.05, 4.69) is 21.2 Å². The van der Waals surface area contributed by atoms with Gasteiger partial charge < -0.3 is 5.32 Å². The van der Waals surface area contributed by atoms with E-state index in [0.717, 1.165) is 18.3 Å². The van der Waals surface area contributed by atoms with E-state index in [-0.39, 0.29) is 5.75 Å². The Morgan fingerprint density at radius 3 is 2.45 bits per heavy atom. The third kappa shape index (κ3) is 10.4. The SMILES string of the molecule is CS(=O)(=O)CCNCCCBr. The van der Waals surface area contributed by atoms with E-state index in [1.807, 2.05) is 0 Å². The van der Waals surface area contributed by atoms with Crippen molar-refractivity contribution in [3.05, 3.63) is 0 Å². The minimum atomic E-state index is -2.79. The van der Waals surface area contributed by atoms with Crippen molar-refractivity contribution in [2.75, 3.05) is 30.4 Å². The Balaban J connectivity index is 3.16. The zero-order valence-electron chi connectivity index (χ0n) is 6.64. The summed E-state index contributed by atoms with van der Waals surface area (Å²) in [5.41, 5.74) is 0. The first kappa shape index (κ1) is 11.4. The molecule has 0 aromatic heterocycles. The Kier molecular flexibility index (Phi) is 6.18. The van der Waals surface area contributed by atoms with Gasteiger partial charge in [-0.25, -0.2) is 8.42 Å². The fraction of sp³-hybridized carbons (Fsp3) is 1.00. The van der Waals surface area contributed by atoms with Crippen molar-refractivity contribution < 1.29 is 8.42 Å². The summed E-state index contributed by atoms with van der Waals surface area (Å²) in [6.07, 6.45) is 2.28. The van der Waals surface area contributed by atoms with Gasteiger partial charge in [0.25, 0.3) is 0 Å². The highest BCUT2D eigenvalue weighted by Gasteiger charge is 1.99. The quantitative estimate of drug-likeness (QED) is 0.543. The maximum Gasteiger partial charge on any atom is 0.148 e. The van der Waals surface area contributed by atoms with Gasteiger partial charge in [-0.15, -0.1) is 0 Å². The normalized spacial score (nSPS) is 11.8. The molecule has 0 aromatic rings. The second-order valence-electron chi connectivity index (χ2n) is 2.42. The van der Waals surface area contributed by atoms with Gasteiger partial charge in [0, 0.05) is 18.1 Å². The smallest absolute Gasteiger partial charge is 0.148 e. The molecule has 1 N–H and O–H groups in total. The molecule has 3 nitrogen and oxygen atoms in total. The molecule has 5 heteroatoms.